The molecule has 20 heavy (non-hydrogen) atoms. The van der Waals surface area contributed by atoms with Crippen LogP contribution in [0.15, 0.2) is 30.5 Å². The summed E-state index contributed by atoms with van der Waals surface area (Å²) in [6, 6.07) is 7.13. The first-order chi connectivity index (χ1) is 9.60. The normalized spacial score (nSPS) is 10.3. The number of amides is 1. The lowest BCUT2D eigenvalue weighted by Crippen LogP contribution is -2.23. The molecule has 1 aromatic carbocycles. The SMILES string of the molecule is Cc1ncc(CNC(=O)c2ccc(CCl)cc2)c(N)n1. The summed E-state index contributed by atoms with van der Waals surface area (Å²) in [7, 11) is 0. The first kappa shape index (κ1) is 14.3. The molecule has 5 nitrogen and oxygen atoms in total. The summed E-state index contributed by atoms with van der Waals surface area (Å²) in [5.41, 5.74) is 8.01. The van der Waals surface area contributed by atoms with Gasteiger partial charge >= 0.3 is 0 Å². The number of alkyl halides is 1. The summed E-state index contributed by atoms with van der Waals surface area (Å²) in [6.07, 6.45) is 1.62. The third kappa shape index (κ3) is 3.45. The Morgan fingerprint density at radius 3 is 2.65 bits per heavy atom. The molecule has 1 amide bonds. The minimum atomic E-state index is -0.175. The molecule has 0 fully saturated rings. The highest BCUT2D eigenvalue weighted by molar-refractivity contribution is 6.17. The zero-order valence-electron chi connectivity index (χ0n) is 11.1. The third-order valence-corrected chi connectivity index (χ3v) is 3.14. The molecule has 2 rings (SSSR count). The van der Waals surface area contributed by atoms with Crippen molar-refractivity contribution in [3.05, 3.63) is 53.0 Å². The lowest BCUT2D eigenvalue weighted by atomic mass is 10.1. The van der Waals surface area contributed by atoms with E-state index in [2.05, 4.69) is 15.3 Å². The van der Waals surface area contributed by atoms with Crippen molar-refractivity contribution in [1.29, 1.82) is 0 Å². The Kier molecular flexibility index (Phi) is 4.53. The standard InChI is InChI=1S/C14H15ClN4O/c1-9-17-7-12(13(16)19-9)8-18-14(20)11-4-2-10(6-15)3-5-11/h2-5,7H,6,8H2,1H3,(H,18,20)(H2,16,17,19). The maximum Gasteiger partial charge on any atom is 0.251 e. The van der Waals surface area contributed by atoms with Crippen LogP contribution in [0.5, 0.6) is 0 Å². The number of rotatable bonds is 4. The predicted octanol–water partition coefficient (Wildman–Crippen LogP) is 2.04. The first-order valence-electron chi connectivity index (χ1n) is 6.11. The average Bonchev–Trinajstić information content (AvgIpc) is 2.46. The molecule has 104 valence electrons. The molecular weight excluding hydrogens is 276 g/mol. The van der Waals surface area contributed by atoms with Crippen molar-refractivity contribution in [3.8, 4) is 0 Å². The number of benzene rings is 1. The van der Waals surface area contributed by atoms with E-state index in [0.29, 0.717) is 35.2 Å². The minimum Gasteiger partial charge on any atom is -0.383 e. The van der Waals surface area contributed by atoms with Crippen molar-refractivity contribution >= 4 is 23.3 Å². The van der Waals surface area contributed by atoms with Gasteiger partial charge in [0.2, 0.25) is 0 Å². The van der Waals surface area contributed by atoms with Gasteiger partial charge in [-0.3, -0.25) is 4.79 Å². The van der Waals surface area contributed by atoms with Crippen molar-refractivity contribution in [2.24, 2.45) is 0 Å². The molecule has 0 aliphatic heterocycles. The van der Waals surface area contributed by atoms with Crippen molar-refractivity contribution in [2.45, 2.75) is 19.3 Å². The Hall–Kier alpha value is -2.14. The Morgan fingerprint density at radius 2 is 2.05 bits per heavy atom. The number of nitrogens with one attached hydrogen (secondary N) is 1. The molecule has 1 heterocycles. The maximum atomic E-state index is 12.0. The number of halogens is 1. The summed E-state index contributed by atoms with van der Waals surface area (Å²) in [5.74, 6) is 1.25. The topological polar surface area (TPSA) is 80.9 Å². The Morgan fingerprint density at radius 1 is 1.35 bits per heavy atom. The zero-order chi connectivity index (χ0) is 14.5. The molecule has 0 radical (unpaired) electrons. The molecule has 0 saturated carbocycles. The van der Waals surface area contributed by atoms with Crippen LogP contribution in [0.3, 0.4) is 0 Å². The van der Waals surface area contributed by atoms with Crippen LogP contribution in [0.1, 0.15) is 27.3 Å². The highest BCUT2D eigenvalue weighted by atomic mass is 35.5. The van der Waals surface area contributed by atoms with Crippen LogP contribution in [0.2, 0.25) is 0 Å². The number of aryl methyl sites for hydroxylation is 1. The molecule has 0 aliphatic rings. The molecule has 0 unspecified atom stereocenters. The monoisotopic (exact) mass is 290 g/mol. The quantitative estimate of drug-likeness (QED) is 0.844. The van der Waals surface area contributed by atoms with Gasteiger partial charge in [0.15, 0.2) is 0 Å². The number of hydrogen-bond acceptors (Lipinski definition) is 4. The van der Waals surface area contributed by atoms with E-state index >= 15 is 0 Å². The number of carbonyl (C=O) groups excluding carboxylic acids is 1. The van der Waals surface area contributed by atoms with Crippen LogP contribution in [0.25, 0.3) is 0 Å². The van der Waals surface area contributed by atoms with E-state index in [4.69, 9.17) is 17.3 Å². The molecule has 0 saturated heterocycles. The van der Waals surface area contributed by atoms with Gasteiger partial charge in [0.05, 0.1) is 0 Å². The van der Waals surface area contributed by atoms with Gasteiger partial charge in [-0.2, -0.15) is 0 Å². The van der Waals surface area contributed by atoms with E-state index in [0.717, 1.165) is 5.56 Å². The van der Waals surface area contributed by atoms with Crippen molar-refractivity contribution in [1.82, 2.24) is 15.3 Å². The van der Waals surface area contributed by atoms with E-state index in [1.807, 2.05) is 12.1 Å². The van der Waals surface area contributed by atoms with E-state index < -0.39 is 0 Å². The number of nitrogens with zero attached hydrogens (tertiary/aromatic N) is 2. The number of anilines is 1. The van der Waals surface area contributed by atoms with Gasteiger partial charge in [-0.1, -0.05) is 12.1 Å². The van der Waals surface area contributed by atoms with Gasteiger partial charge < -0.3 is 11.1 Å². The molecule has 0 spiro atoms. The predicted molar refractivity (Wildman–Crippen MR) is 78.4 cm³/mol. The number of hydrogen-bond donors (Lipinski definition) is 2. The molecule has 0 aliphatic carbocycles. The second-order valence-corrected chi connectivity index (χ2v) is 4.61. The second kappa shape index (κ2) is 6.34. The van der Waals surface area contributed by atoms with Crippen molar-refractivity contribution in [2.75, 3.05) is 5.73 Å². The van der Waals surface area contributed by atoms with Gasteiger partial charge in [0, 0.05) is 29.7 Å². The molecule has 3 N–H and O–H groups in total. The lowest BCUT2D eigenvalue weighted by Gasteiger charge is -2.07. The van der Waals surface area contributed by atoms with Gasteiger partial charge in [-0.25, -0.2) is 9.97 Å². The van der Waals surface area contributed by atoms with Crippen molar-refractivity contribution in [3.63, 3.8) is 0 Å². The second-order valence-electron chi connectivity index (χ2n) is 4.34. The third-order valence-electron chi connectivity index (χ3n) is 2.83. The Balaban J connectivity index is 2.00. The first-order valence-corrected chi connectivity index (χ1v) is 6.64. The molecule has 6 heteroatoms. The lowest BCUT2D eigenvalue weighted by molar-refractivity contribution is 0.0951. The van der Waals surface area contributed by atoms with Crippen LogP contribution in [-0.4, -0.2) is 15.9 Å². The van der Waals surface area contributed by atoms with Gasteiger partial charge in [0.25, 0.3) is 5.91 Å². The zero-order valence-corrected chi connectivity index (χ0v) is 11.8. The van der Waals surface area contributed by atoms with E-state index in [1.165, 1.54) is 0 Å². The number of carbonyl (C=O) groups is 1. The van der Waals surface area contributed by atoms with Gasteiger partial charge in [-0.15, -0.1) is 11.6 Å². The van der Waals surface area contributed by atoms with Crippen molar-refractivity contribution < 1.29 is 4.79 Å². The highest BCUT2D eigenvalue weighted by Gasteiger charge is 2.07. The van der Waals surface area contributed by atoms with E-state index in [-0.39, 0.29) is 5.91 Å². The summed E-state index contributed by atoms with van der Waals surface area (Å²) >= 11 is 5.70. The summed E-state index contributed by atoms with van der Waals surface area (Å²) in [4.78, 5) is 20.1. The molecule has 0 bridgehead atoms. The number of nitrogen functional groups attached to an aromatic ring is 1. The number of aromatic nitrogens is 2. The van der Waals surface area contributed by atoms with E-state index in [1.54, 1.807) is 25.3 Å². The summed E-state index contributed by atoms with van der Waals surface area (Å²) in [5, 5.41) is 2.78. The van der Waals surface area contributed by atoms with E-state index in [9.17, 15) is 4.79 Å². The highest BCUT2D eigenvalue weighted by Crippen LogP contribution is 2.09. The average molecular weight is 291 g/mol. The van der Waals surface area contributed by atoms with Crippen LogP contribution < -0.4 is 11.1 Å². The fraction of sp³-hybridized carbons (Fsp3) is 0.214. The molecule has 1 aromatic heterocycles. The van der Waals surface area contributed by atoms with Gasteiger partial charge in [0.1, 0.15) is 11.6 Å². The molecule has 2 aromatic rings. The summed E-state index contributed by atoms with van der Waals surface area (Å²) in [6.45, 7) is 2.05. The number of nitrogens with two attached hydrogens (primary N) is 1. The van der Waals surface area contributed by atoms with Crippen LogP contribution >= 0.6 is 11.6 Å². The maximum absolute atomic E-state index is 12.0. The Bertz CT molecular complexity index is 613. The molecule has 0 atom stereocenters. The minimum absolute atomic E-state index is 0.175. The fourth-order valence-corrected chi connectivity index (χ4v) is 1.85. The summed E-state index contributed by atoms with van der Waals surface area (Å²) < 4.78 is 0. The molecular formula is C14H15ClN4O. The van der Waals surface area contributed by atoms with Crippen LogP contribution in [-0.2, 0) is 12.4 Å². The van der Waals surface area contributed by atoms with Crippen LogP contribution in [0, 0.1) is 6.92 Å². The van der Waals surface area contributed by atoms with Crippen LogP contribution in [0.4, 0.5) is 5.82 Å². The smallest absolute Gasteiger partial charge is 0.251 e. The van der Waals surface area contributed by atoms with Gasteiger partial charge in [-0.05, 0) is 24.6 Å². The largest absolute Gasteiger partial charge is 0.383 e. The fourth-order valence-electron chi connectivity index (χ4n) is 1.67. The Labute approximate surface area is 122 Å².